The summed E-state index contributed by atoms with van der Waals surface area (Å²) in [5.41, 5.74) is -0.106. The molecule has 0 spiro atoms. The zero-order valence-corrected chi connectivity index (χ0v) is 16.3. The van der Waals surface area contributed by atoms with Crippen LogP contribution in [-0.4, -0.2) is 30.1 Å². The number of carbonyl (C=O) groups is 3. The fourth-order valence-electron chi connectivity index (χ4n) is 1.92. The van der Waals surface area contributed by atoms with Crippen LogP contribution < -0.4 is 10.6 Å². The molecule has 0 unspecified atom stereocenters. The molecule has 0 saturated heterocycles. The molecule has 138 valence electrons. The highest BCUT2D eigenvalue weighted by atomic mass is 32.1. The number of ether oxygens (including phenoxy) is 1. The minimum Gasteiger partial charge on any atom is -0.452 e. The summed E-state index contributed by atoms with van der Waals surface area (Å²) in [4.78, 5) is 37.5. The van der Waals surface area contributed by atoms with Crippen molar-refractivity contribution in [3.05, 3.63) is 44.8 Å². The van der Waals surface area contributed by atoms with Gasteiger partial charge in [-0.25, -0.2) is 9.59 Å². The summed E-state index contributed by atoms with van der Waals surface area (Å²) in [6, 6.07) is 6.78. The molecule has 0 aliphatic heterocycles. The minimum atomic E-state index is -0.693. The van der Waals surface area contributed by atoms with Crippen molar-refractivity contribution in [1.82, 2.24) is 10.6 Å². The Kier molecular flexibility index (Phi) is 6.70. The molecular formula is C18H20N2O4S2. The SMILES string of the molecule is CC(C)(C)NC(=O)NC(=O)COC(=O)/C(=C/c1cccs1)c1cccs1. The van der Waals surface area contributed by atoms with E-state index in [9.17, 15) is 14.4 Å². The van der Waals surface area contributed by atoms with Crippen LogP contribution in [-0.2, 0) is 14.3 Å². The third-order valence-corrected chi connectivity index (χ3v) is 4.63. The molecule has 8 heteroatoms. The van der Waals surface area contributed by atoms with Crippen molar-refractivity contribution >= 4 is 52.2 Å². The van der Waals surface area contributed by atoms with Gasteiger partial charge in [0.15, 0.2) is 6.61 Å². The lowest BCUT2D eigenvalue weighted by Gasteiger charge is -2.20. The Balaban J connectivity index is 1.98. The van der Waals surface area contributed by atoms with Gasteiger partial charge in [0.2, 0.25) is 0 Å². The van der Waals surface area contributed by atoms with Crippen LogP contribution in [0.5, 0.6) is 0 Å². The lowest BCUT2D eigenvalue weighted by Crippen LogP contribution is -2.49. The maximum atomic E-state index is 12.4. The fraction of sp³-hybridized carbons (Fsp3) is 0.278. The van der Waals surface area contributed by atoms with Gasteiger partial charge in [-0.3, -0.25) is 10.1 Å². The number of amides is 3. The first-order valence-electron chi connectivity index (χ1n) is 7.83. The van der Waals surface area contributed by atoms with Crippen LogP contribution in [0.25, 0.3) is 11.6 Å². The second-order valence-corrected chi connectivity index (χ2v) is 8.31. The molecule has 0 radical (unpaired) electrons. The minimum absolute atomic E-state index is 0.370. The first-order valence-corrected chi connectivity index (χ1v) is 9.59. The van der Waals surface area contributed by atoms with Gasteiger partial charge in [0, 0.05) is 15.3 Å². The molecule has 0 saturated carbocycles. The number of rotatable bonds is 5. The summed E-state index contributed by atoms with van der Waals surface area (Å²) < 4.78 is 5.08. The van der Waals surface area contributed by atoms with Crippen LogP contribution in [0, 0.1) is 0 Å². The van der Waals surface area contributed by atoms with Crippen molar-refractivity contribution in [3.8, 4) is 0 Å². The van der Waals surface area contributed by atoms with E-state index >= 15 is 0 Å². The second kappa shape index (κ2) is 8.77. The van der Waals surface area contributed by atoms with E-state index in [-0.39, 0.29) is 0 Å². The first kappa shape index (κ1) is 19.9. The lowest BCUT2D eigenvalue weighted by molar-refractivity contribution is -0.142. The average molecular weight is 393 g/mol. The summed E-state index contributed by atoms with van der Waals surface area (Å²) in [5, 5.41) is 8.49. The van der Waals surface area contributed by atoms with Gasteiger partial charge in [-0.15, -0.1) is 22.7 Å². The normalized spacial score (nSPS) is 11.7. The largest absolute Gasteiger partial charge is 0.452 e. The molecule has 2 aromatic rings. The molecule has 0 bridgehead atoms. The Hall–Kier alpha value is -2.45. The summed E-state index contributed by atoms with van der Waals surface area (Å²) in [6.07, 6.45) is 1.73. The molecule has 0 atom stereocenters. The van der Waals surface area contributed by atoms with Gasteiger partial charge in [0.25, 0.3) is 5.91 Å². The van der Waals surface area contributed by atoms with Gasteiger partial charge in [-0.2, -0.15) is 0 Å². The molecule has 0 aliphatic carbocycles. The summed E-state index contributed by atoms with van der Waals surface area (Å²) in [6.45, 7) is 4.84. The molecule has 2 aromatic heterocycles. The third-order valence-electron chi connectivity index (χ3n) is 2.91. The molecule has 2 N–H and O–H groups in total. The number of imide groups is 1. The predicted octanol–water partition coefficient (Wildman–Crippen LogP) is 3.52. The molecule has 3 amide bonds. The van der Waals surface area contributed by atoms with Gasteiger partial charge in [-0.05, 0) is 49.7 Å². The number of urea groups is 1. The predicted molar refractivity (Wildman–Crippen MR) is 104 cm³/mol. The van der Waals surface area contributed by atoms with Crippen LogP contribution in [0.3, 0.4) is 0 Å². The Labute approximate surface area is 159 Å². The van der Waals surface area contributed by atoms with Crippen LogP contribution in [0.4, 0.5) is 4.79 Å². The quantitative estimate of drug-likeness (QED) is 0.602. The highest BCUT2D eigenvalue weighted by molar-refractivity contribution is 7.12. The first-order chi connectivity index (χ1) is 12.2. The van der Waals surface area contributed by atoms with Crippen LogP contribution in [0.2, 0.25) is 0 Å². The smallest absolute Gasteiger partial charge is 0.340 e. The number of hydrogen-bond acceptors (Lipinski definition) is 6. The summed E-state index contributed by atoms with van der Waals surface area (Å²) >= 11 is 2.90. The molecule has 6 nitrogen and oxygen atoms in total. The third kappa shape index (κ3) is 6.45. The van der Waals surface area contributed by atoms with E-state index in [1.165, 1.54) is 22.7 Å². The van der Waals surface area contributed by atoms with E-state index in [4.69, 9.17) is 4.74 Å². The monoisotopic (exact) mass is 392 g/mol. The van der Waals surface area contributed by atoms with Crippen LogP contribution in [0.1, 0.15) is 30.5 Å². The van der Waals surface area contributed by atoms with Gasteiger partial charge >= 0.3 is 12.0 Å². The van der Waals surface area contributed by atoms with E-state index in [0.29, 0.717) is 5.57 Å². The number of nitrogens with one attached hydrogen (secondary N) is 2. The van der Waals surface area contributed by atoms with Gasteiger partial charge in [0.1, 0.15) is 0 Å². The van der Waals surface area contributed by atoms with E-state index in [2.05, 4.69) is 10.6 Å². The Bertz CT molecular complexity index is 788. The average Bonchev–Trinajstić information content (AvgIpc) is 3.21. The van der Waals surface area contributed by atoms with Crippen molar-refractivity contribution in [1.29, 1.82) is 0 Å². The van der Waals surface area contributed by atoms with E-state index in [0.717, 1.165) is 9.75 Å². The van der Waals surface area contributed by atoms with E-state index in [1.54, 1.807) is 26.8 Å². The molecule has 0 aromatic carbocycles. The topological polar surface area (TPSA) is 84.5 Å². The van der Waals surface area contributed by atoms with E-state index in [1.807, 2.05) is 35.0 Å². The lowest BCUT2D eigenvalue weighted by atomic mass is 10.1. The highest BCUT2D eigenvalue weighted by Crippen LogP contribution is 2.25. The Morgan fingerprint density at radius 2 is 1.81 bits per heavy atom. The van der Waals surface area contributed by atoms with Crippen LogP contribution in [0.15, 0.2) is 35.0 Å². The summed E-state index contributed by atoms with van der Waals surface area (Å²) in [7, 11) is 0. The molecule has 0 aliphatic rings. The Morgan fingerprint density at radius 1 is 1.12 bits per heavy atom. The van der Waals surface area contributed by atoms with Crippen molar-refractivity contribution in [3.63, 3.8) is 0 Å². The van der Waals surface area contributed by atoms with Crippen LogP contribution >= 0.6 is 22.7 Å². The van der Waals surface area contributed by atoms with Gasteiger partial charge in [-0.1, -0.05) is 12.1 Å². The number of thiophene rings is 2. The zero-order chi connectivity index (χ0) is 19.2. The number of esters is 1. The fourth-order valence-corrected chi connectivity index (χ4v) is 3.31. The molecular weight excluding hydrogens is 372 g/mol. The molecule has 26 heavy (non-hydrogen) atoms. The second-order valence-electron chi connectivity index (χ2n) is 6.38. The molecule has 2 heterocycles. The van der Waals surface area contributed by atoms with Crippen molar-refractivity contribution in [2.24, 2.45) is 0 Å². The van der Waals surface area contributed by atoms with Crippen molar-refractivity contribution in [2.75, 3.05) is 6.61 Å². The maximum Gasteiger partial charge on any atom is 0.340 e. The van der Waals surface area contributed by atoms with Crippen molar-refractivity contribution < 1.29 is 19.1 Å². The Morgan fingerprint density at radius 3 is 2.38 bits per heavy atom. The number of carbonyl (C=O) groups excluding carboxylic acids is 3. The standard InChI is InChI=1S/C18H20N2O4S2/c1-18(2,3)20-17(23)19-15(21)11-24-16(22)13(14-7-5-9-26-14)10-12-6-4-8-25-12/h4-10H,11H2,1-3H3,(H2,19,20,21,23)/b13-10+. The number of hydrogen-bond donors (Lipinski definition) is 2. The maximum absolute atomic E-state index is 12.4. The van der Waals surface area contributed by atoms with Gasteiger partial charge in [0.05, 0.1) is 5.57 Å². The van der Waals surface area contributed by atoms with Crippen molar-refractivity contribution in [2.45, 2.75) is 26.3 Å². The zero-order valence-electron chi connectivity index (χ0n) is 14.7. The molecule has 2 rings (SSSR count). The molecule has 0 fully saturated rings. The summed E-state index contributed by atoms with van der Waals surface area (Å²) in [5.74, 6) is -1.31. The van der Waals surface area contributed by atoms with E-state index < -0.39 is 30.1 Å². The van der Waals surface area contributed by atoms with Gasteiger partial charge < -0.3 is 10.1 Å². The highest BCUT2D eigenvalue weighted by Gasteiger charge is 2.19.